The van der Waals surface area contributed by atoms with Crippen LogP contribution in [0.25, 0.3) is 10.9 Å². The van der Waals surface area contributed by atoms with Crippen LogP contribution < -0.4 is 0 Å². The lowest BCUT2D eigenvalue weighted by molar-refractivity contribution is 1.11. The van der Waals surface area contributed by atoms with E-state index in [0.717, 1.165) is 5.52 Å². The molecule has 0 N–H and O–H groups in total. The largest absolute Gasteiger partial charge is 0.256 e. The Morgan fingerprint density at radius 2 is 2.00 bits per heavy atom. The van der Waals surface area contributed by atoms with Crippen molar-refractivity contribution in [1.82, 2.24) is 4.98 Å². The summed E-state index contributed by atoms with van der Waals surface area (Å²) in [5, 5.41) is 1.26. The van der Waals surface area contributed by atoms with Crippen LogP contribution in [0.3, 0.4) is 0 Å². The minimum absolute atomic E-state index is 0.480. The van der Waals surface area contributed by atoms with Gasteiger partial charge in [0.2, 0.25) is 0 Å². The molecule has 0 fully saturated rings. The fraction of sp³-hybridized carbons (Fsp3) is 0.182. The molecule has 0 saturated carbocycles. The normalized spacial score (nSPS) is 13.1. The van der Waals surface area contributed by atoms with E-state index in [1.807, 2.05) is 18.3 Å². The molecule has 0 saturated heterocycles. The summed E-state index contributed by atoms with van der Waals surface area (Å²) in [5.41, 5.74) is 2.90. The number of para-hydroxylation sites is 1. The molecule has 2 rings (SSSR count). The predicted octanol–water partition coefficient (Wildman–Crippen LogP) is 3.17. The molecule has 66 valence electrons. The molecule has 2 unspecified atom stereocenters. The van der Waals surface area contributed by atoms with Gasteiger partial charge in [-0.05, 0) is 23.4 Å². The summed E-state index contributed by atoms with van der Waals surface area (Å²) in [7, 11) is 2.82. The zero-order valence-electron chi connectivity index (χ0n) is 7.57. The Balaban J connectivity index is 2.76. The van der Waals surface area contributed by atoms with Gasteiger partial charge < -0.3 is 0 Å². The predicted molar refractivity (Wildman–Crippen MR) is 59.9 cm³/mol. The zero-order valence-corrected chi connectivity index (χ0v) is 8.72. The van der Waals surface area contributed by atoms with Crippen molar-refractivity contribution in [3.63, 3.8) is 0 Å². The highest BCUT2D eigenvalue weighted by Crippen LogP contribution is 2.27. The third kappa shape index (κ3) is 1.57. The van der Waals surface area contributed by atoms with Gasteiger partial charge in [-0.3, -0.25) is 4.98 Å². The zero-order chi connectivity index (χ0) is 9.26. The monoisotopic (exact) mass is 189 g/mol. The molecule has 1 nitrogen and oxygen atoms in total. The van der Waals surface area contributed by atoms with Gasteiger partial charge in [-0.15, -0.1) is 9.24 Å². The molecule has 13 heavy (non-hydrogen) atoms. The first kappa shape index (κ1) is 8.65. The quantitative estimate of drug-likeness (QED) is 0.628. The highest BCUT2D eigenvalue weighted by atomic mass is 31.0. The van der Waals surface area contributed by atoms with E-state index in [1.54, 1.807) is 0 Å². The number of pyridine rings is 1. The topological polar surface area (TPSA) is 12.9 Å². The number of hydrogen-bond donors (Lipinski definition) is 0. The second kappa shape index (κ2) is 3.43. The van der Waals surface area contributed by atoms with Crippen molar-refractivity contribution in [3.05, 3.63) is 42.1 Å². The van der Waals surface area contributed by atoms with Crippen molar-refractivity contribution in [2.45, 2.75) is 12.6 Å². The van der Waals surface area contributed by atoms with Gasteiger partial charge in [-0.1, -0.05) is 25.1 Å². The Bertz CT molecular complexity index is 418. The third-order valence-electron chi connectivity index (χ3n) is 2.17. The van der Waals surface area contributed by atoms with Gasteiger partial charge in [-0.2, -0.15) is 0 Å². The van der Waals surface area contributed by atoms with E-state index >= 15 is 0 Å². The van der Waals surface area contributed by atoms with Crippen LogP contribution in [-0.2, 0) is 0 Å². The van der Waals surface area contributed by atoms with Crippen LogP contribution in [-0.4, -0.2) is 4.98 Å². The van der Waals surface area contributed by atoms with E-state index in [-0.39, 0.29) is 0 Å². The van der Waals surface area contributed by atoms with Crippen LogP contribution in [0.1, 0.15) is 18.1 Å². The molecule has 1 aromatic carbocycles. The molecule has 2 heteroatoms. The average molecular weight is 189 g/mol. The molecule has 2 atom stereocenters. The van der Waals surface area contributed by atoms with Crippen molar-refractivity contribution >= 4 is 20.1 Å². The molecular weight excluding hydrogens is 177 g/mol. The van der Waals surface area contributed by atoms with E-state index in [9.17, 15) is 0 Å². The van der Waals surface area contributed by atoms with Gasteiger partial charge in [0, 0.05) is 11.6 Å². The fourth-order valence-corrected chi connectivity index (χ4v) is 1.81. The summed E-state index contributed by atoms with van der Waals surface area (Å²) >= 11 is 0. The first-order valence-corrected chi connectivity index (χ1v) is 5.05. The van der Waals surface area contributed by atoms with Gasteiger partial charge in [0.05, 0.1) is 5.52 Å². The molecule has 0 bridgehead atoms. The first-order chi connectivity index (χ1) is 6.29. The number of benzene rings is 1. The number of rotatable bonds is 1. The molecule has 0 amide bonds. The maximum absolute atomic E-state index is 4.31. The molecule has 1 heterocycles. The minimum Gasteiger partial charge on any atom is -0.256 e. The van der Waals surface area contributed by atoms with E-state index in [0.29, 0.717) is 5.66 Å². The van der Waals surface area contributed by atoms with Gasteiger partial charge in [-0.25, -0.2) is 0 Å². The Hall–Kier alpha value is -0.940. The fourth-order valence-electron chi connectivity index (χ4n) is 1.52. The third-order valence-corrected chi connectivity index (χ3v) is 2.53. The summed E-state index contributed by atoms with van der Waals surface area (Å²) in [6, 6.07) is 10.3. The number of hydrogen-bond acceptors (Lipinski definition) is 1. The van der Waals surface area contributed by atoms with Gasteiger partial charge in [0.15, 0.2) is 0 Å². The standard InChI is InChI=1S/C11H12NP/c1-8(13)9-6-7-12-11-5-3-2-4-10(9)11/h2-8H,13H2,1H3. The number of nitrogens with zero attached hydrogens (tertiary/aromatic N) is 1. The number of aromatic nitrogens is 1. The second-order valence-corrected chi connectivity index (χ2v) is 4.21. The Kier molecular flexibility index (Phi) is 2.28. The van der Waals surface area contributed by atoms with Crippen molar-refractivity contribution in [2.75, 3.05) is 0 Å². The summed E-state index contributed by atoms with van der Waals surface area (Å²) in [5.74, 6) is 0. The Morgan fingerprint density at radius 1 is 1.23 bits per heavy atom. The molecule has 0 spiro atoms. The SMILES string of the molecule is CC(P)c1ccnc2ccccc12. The lowest BCUT2D eigenvalue weighted by atomic mass is 10.1. The van der Waals surface area contributed by atoms with Gasteiger partial charge in [0.25, 0.3) is 0 Å². The molecule has 0 aliphatic rings. The molecule has 1 aromatic heterocycles. The molecule has 0 aliphatic heterocycles. The van der Waals surface area contributed by atoms with Crippen LogP contribution in [0.4, 0.5) is 0 Å². The maximum Gasteiger partial charge on any atom is 0.0704 e. The first-order valence-electron chi connectivity index (χ1n) is 4.38. The van der Waals surface area contributed by atoms with Crippen molar-refractivity contribution < 1.29 is 0 Å². The summed E-state index contributed by atoms with van der Waals surface area (Å²) in [4.78, 5) is 4.31. The summed E-state index contributed by atoms with van der Waals surface area (Å²) < 4.78 is 0. The second-order valence-electron chi connectivity index (χ2n) is 3.21. The van der Waals surface area contributed by atoms with Crippen LogP contribution in [0.5, 0.6) is 0 Å². The van der Waals surface area contributed by atoms with Crippen LogP contribution in [0.2, 0.25) is 0 Å². The summed E-state index contributed by atoms with van der Waals surface area (Å²) in [6.07, 6.45) is 1.87. The van der Waals surface area contributed by atoms with Crippen molar-refractivity contribution in [1.29, 1.82) is 0 Å². The lowest BCUT2D eigenvalue weighted by Crippen LogP contribution is -1.87. The number of fused-ring (bicyclic) bond motifs is 1. The summed E-state index contributed by atoms with van der Waals surface area (Å²) in [6.45, 7) is 2.17. The molecule has 0 aliphatic carbocycles. The van der Waals surface area contributed by atoms with Gasteiger partial charge >= 0.3 is 0 Å². The Morgan fingerprint density at radius 3 is 2.77 bits per heavy atom. The van der Waals surface area contributed by atoms with Crippen molar-refractivity contribution in [2.24, 2.45) is 0 Å². The Labute approximate surface area is 80.4 Å². The van der Waals surface area contributed by atoms with E-state index in [2.05, 4.69) is 39.3 Å². The minimum atomic E-state index is 0.480. The molecular formula is C11H12NP. The van der Waals surface area contributed by atoms with Crippen molar-refractivity contribution in [3.8, 4) is 0 Å². The van der Waals surface area contributed by atoms with E-state index < -0.39 is 0 Å². The van der Waals surface area contributed by atoms with Gasteiger partial charge in [0.1, 0.15) is 0 Å². The van der Waals surface area contributed by atoms with Crippen LogP contribution >= 0.6 is 9.24 Å². The van der Waals surface area contributed by atoms with E-state index in [4.69, 9.17) is 0 Å². The lowest BCUT2D eigenvalue weighted by Gasteiger charge is -2.08. The maximum atomic E-state index is 4.31. The smallest absolute Gasteiger partial charge is 0.0704 e. The van der Waals surface area contributed by atoms with Crippen LogP contribution in [0, 0.1) is 0 Å². The molecule has 2 aromatic rings. The highest BCUT2D eigenvalue weighted by molar-refractivity contribution is 7.17. The van der Waals surface area contributed by atoms with E-state index in [1.165, 1.54) is 10.9 Å². The van der Waals surface area contributed by atoms with Crippen LogP contribution in [0.15, 0.2) is 36.5 Å². The highest BCUT2D eigenvalue weighted by Gasteiger charge is 2.03. The average Bonchev–Trinajstić information content (AvgIpc) is 2.17. The molecule has 0 radical (unpaired) electrons.